The maximum absolute atomic E-state index is 5.55. The maximum Gasteiger partial charge on any atom is 0.204 e. The van der Waals surface area contributed by atoms with Gasteiger partial charge in [0.1, 0.15) is 6.17 Å². The number of nitrogens with zero attached hydrogens (tertiary/aromatic N) is 2. The Hall–Kier alpha value is -1.98. The lowest BCUT2D eigenvalue weighted by Gasteiger charge is -2.16. The van der Waals surface area contributed by atoms with Crippen LogP contribution in [0.3, 0.4) is 0 Å². The Balaban J connectivity index is 2.06. The van der Waals surface area contributed by atoms with Crippen LogP contribution >= 0.6 is 0 Å². The molecule has 0 saturated heterocycles. The van der Waals surface area contributed by atoms with Gasteiger partial charge >= 0.3 is 0 Å². The van der Waals surface area contributed by atoms with E-state index in [4.69, 9.17) is 5.73 Å². The van der Waals surface area contributed by atoms with Gasteiger partial charge in [-0.15, -0.1) is 0 Å². The number of aliphatic imine (C=N–C) groups is 2. The lowest BCUT2D eigenvalue weighted by molar-refractivity contribution is 0.766. The highest BCUT2D eigenvalue weighted by molar-refractivity contribution is 6.05. The van der Waals surface area contributed by atoms with Crippen molar-refractivity contribution >= 4 is 17.6 Å². The molecule has 0 bridgehead atoms. The van der Waals surface area contributed by atoms with E-state index >= 15 is 0 Å². The van der Waals surface area contributed by atoms with Crippen LogP contribution in [0.2, 0.25) is 0 Å². The zero-order valence-electron chi connectivity index (χ0n) is 7.78. The Morgan fingerprint density at radius 2 is 2.36 bits per heavy atom. The summed E-state index contributed by atoms with van der Waals surface area (Å²) in [6.45, 7) is 1.87. The van der Waals surface area contributed by atoms with E-state index in [-0.39, 0.29) is 6.17 Å². The third-order valence-electron chi connectivity index (χ3n) is 1.75. The van der Waals surface area contributed by atoms with E-state index in [1.807, 2.05) is 25.4 Å². The second-order valence-electron chi connectivity index (χ2n) is 2.97. The number of aromatic amines is 1. The van der Waals surface area contributed by atoms with Crippen LogP contribution in [0.1, 0.15) is 6.92 Å². The van der Waals surface area contributed by atoms with Gasteiger partial charge in [0.25, 0.3) is 0 Å². The summed E-state index contributed by atoms with van der Waals surface area (Å²) in [5.41, 5.74) is 6.48. The lowest BCUT2D eigenvalue weighted by Crippen LogP contribution is -2.44. The minimum Gasteiger partial charge on any atom is -0.370 e. The van der Waals surface area contributed by atoms with Crippen molar-refractivity contribution in [1.29, 1.82) is 0 Å². The summed E-state index contributed by atoms with van der Waals surface area (Å²) in [7, 11) is 0. The molecule has 0 aliphatic carbocycles. The second-order valence-corrected chi connectivity index (χ2v) is 2.97. The first kappa shape index (κ1) is 8.61. The van der Waals surface area contributed by atoms with Gasteiger partial charge in [0, 0.05) is 12.4 Å². The van der Waals surface area contributed by atoms with Crippen LogP contribution in [-0.2, 0) is 0 Å². The summed E-state index contributed by atoms with van der Waals surface area (Å²) in [6, 6.07) is 1.90. The van der Waals surface area contributed by atoms with Gasteiger partial charge in [0.05, 0.1) is 5.69 Å². The standard InChI is InChI=1S/C8H12N6/c1-5-11-7(9)14-8(12-5)13-6-2-3-10-4-6/h2-5,10H,1H3,(H4,9,11,12,13,14). The van der Waals surface area contributed by atoms with Crippen molar-refractivity contribution in [2.24, 2.45) is 15.7 Å². The number of hydrogen-bond acceptors (Lipinski definition) is 5. The summed E-state index contributed by atoms with van der Waals surface area (Å²) >= 11 is 0. The number of guanidine groups is 2. The SMILES string of the molecule is CC1N=C(N)NC(Nc2cc[nH]c2)=N1. The van der Waals surface area contributed by atoms with Gasteiger partial charge < -0.3 is 16.0 Å². The van der Waals surface area contributed by atoms with Crippen molar-refractivity contribution in [1.82, 2.24) is 10.3 Å². The zero-order chi connectivity index (χ0) is 9.97. The number of H-pyrrole nitrogens is 1. The highest BCUT2D eigenvalue weighted by atomic mass is 15.3. The fraction of sp³-hybridized carbons (Fsp3) is 0.250. The lowest BCUT2D eigenvalue weighted by atomic mass is 10.5. The molecule has 2 heterocycles. The van der Waals surface area contributed by atoms with Crippen molar-refractivity contribution in [3.8, 4) is 0 Å². The smallest absolute Gasteiger partial charge is 0.204 e. The average molecular weight is 192 g/mol. The van der Waals surface area contributed by atoms with Crippen LogP contribution in [-0.4, -0.2) is 23.1 Å². The van der Waals surface area contributed by atoms with E-state index in [1.165, 1.54) is 0 Å². The largest absolute Gasteiger partial charge is 0.370 e. The third-order valence-corrected chi connectivity index (χ3v) is 1.75. The topological polar surface area (TPSA) is 90.6 Å². The molecule has 1 aliphatic rings. The number of aromatic nitrogens is 1. The molecule has 74 valence electrons. The van der Waals surface area contributed by atoms with Crippen LogP contribution in [0.4, 0.5) is 5.69 Å². The van der Waals surface area contributed by atoms with Gasteiger partial charge in [-0.1, -0.05) is 0 Å². The fourth-order valence-corrected chi connectivity index (χ4v) is 1.20. The molecule has 0 saturated carbocycles. The maximum atomic E-state index is 5.55. The van der Waals surface area contributed by atoms with E-state index in [0.29, 0.717) is 11.9 Å². The fourth-order valence-electron chi connectivity index (χ4n) is 1.20. The van der Waals surface area contributed by atoms with Crippen LogP contribution in [0.15, 0.2) is 28.4 Å². The Bertz CT molecular complexity index is 363. The average Bonchev–Trinajstić information content (AvgIpc) is 2.54. The first-order valence-electron chi connectivity index (χ1n) is 4.32. The molecule has 0 aromatic carbocycles. The first-order valence-corrected chi connectivity index (χ1v) is 4.32. The molecule has 1 aliphatic heterocycles. The molecule has 0 spiro atoms. The summed E-state index contributed by atoms with van der Waals surface area (Å²) in [5, 5.41) is 5.91. The summed E-state index contributed by atoms with van der Waals surface area (Å²) < 4.78 is 0. The Morgan fingerprint density at radius 1 is 1.50 bits per heavy atom. The van der Waals surface area contributed by atoms with Gasteiger partial charge in [0.15, 0.2) is 5.96 Å². The van der Waals surface area contributed by atoms with E-state index < -0.39 is 0 Å². The quantitative estimate of drug-likeness (QED) is 0.506. The summed E-state index contributed by atoms with van der Waals surface area (Å²) in [6.07, 6.45) is 3.52. The molecule has 14 heavy (non-hydrogen) atoms. The Kier molecular flexibility index (Phi) is 2.10. The normalized spacial score (nSPS) is 20.8. The minimum atomic E-state index is -0.141. The van der Waals surface area contributed by atoms with Crippen molar-refractivity contribution in [2.45, 2.75) is 13.1 Å². The van der Waals surface area contributed by atoms with Crippen molar-refractivity contribution in [3.63, 3.8) is 0 Å². The van der Waals surface area contributed by atoms with Crippen LogP contribution in [0.5, 0.6) is 0 Å². The summed E-state index contributed by atoms with van der Waals surface area (Å²) in [4.78, 5) is 11.2. The van der Waals surface area contributed by atoms with E-state index in [0.717, 1.165) is 5.69 Å². The third kappa shape index (κ3) is 1.85. The van der Waals surface area contributed by atoms with Gasteiger partial charge in [0.2, 0.25) is 5.96 Å². The highest BCUT2D eigenvalue weighted by Gasteiger charge is 2.10. The van der Waals surface area contributed by atoms with E-state index in [2.05, 4.69) is 25.6 Å². The molecule has 0 amide bonds. The van der Waals surface area contributed by atoms with Crippen molar-refractivity contribution in [2.75, 3.05) is 5.32 Å². The molecule has 5 N–H and O–H groups in total. The molecular weight excluding hydrogens is 180 g/mol. The second kappa shape index (κ2) is 3.41. The zero-order valence-corrected chi connectivity index (χ0v) is 7.78. The number of anilines is 1. The number of hydrogen-bond donors (Lipinski definition) is 4. The molecule has 6 nitrogen and oxygen atoms in total. The molecule has 6 heteroatoms. The molecular formula is C8H12N6. The van der Waals surface area contributed by atoms with Crippen molar-refractivity contribution < 1.29 is 0 Å². The monoisotopic (exact) mass is 192 g/mol. The molecule has 1 unspecified atom stereocenters. The Labute approximate surface area is 81.3 Å². The first-order chi connectivity index (χ1) is 6.74. The minimum absolute atomic E-state index is 0.141. The van der Waals surface area contributed by atoms with E-state index in [9.17, 15) is 0 Å². The van der Waals surface area contributed by atoms with Crippen LogP contribution in [0, 0.1) is 0 Å². The summed E-state index contributed by atoms with van der Waals surface area (Å²) in [5.74, 6) is 0.995. The number of nitrogens with two attached hydrogens (primary N) is 1. The number of rotatable bonds is 1. The van der Waals surface area contributed by atoms with Gasteiger partial charge in [-0.05, 0) is 13.0 Å². The van der Waals surface area contributed by atoms with Gasteiger partial charge in [-0.2, -0.15) is 0 Å². The molecule has 1 aromatic heterocycles. The Morgan fingerprint density at radius 3 is 3.00 bits per heavy atom. The highest BCUT2D eigenvalue weighted by Crippen LogP contribution is 2.05. The molecule has 1 aromatic rings. The molecule has 1 atom stereocenters. The van der Waals surface area contributed by atoms with Crippen molar-refractivity contribution in [3.05, 3.63) is 18.5 Å². The van der Waals surface area contributed by atoms with E-state index in [1.54, 1.807) is 0 Å². The molecule has 0 fully saturated rings. The van der Waals surface area contributed by atoms with Crippen LogP contribution in [0.25, 0.3) is 0 Å². The number of nitrogens with one attached hydrogen (secondary N) is 3. The van der Waals surface area contributed by atoms with Crippen LogP contribution < -0.4 is 16.4 Å². The van der Waals surface area contributed by atoms with Gasteiger partial charge in [-0.3, -0.25) is 5.32 Å². The molecule has 2 rings (SSSR count). The predicted octanol–water partition coefficient (Wildman–Crippen LogP) is 0.0465. The predicted molar refractivity (Wildman–Crippen MR) is 56.1 cm³/mol. The molecule has 0 radical (unpaired) electrons. The van der Waals surface area contributed by atoms with Gasteiger partial charge in [-0.25, -0.2) is 9.98 Å².